The first-order valence-corrected chi connectivity index (χ1v) is 16.2. The number of furan rings is 1. The Balaban J connectivity index is 1.43. The van der Waals surface area contributed by atoms with Crippen LogP contribution in [-0.4, -0.2) is 14.5 Å². The third-order valence-corrected chi connectivity index (χ3v) is 9.09. The zero-order valence-corrected chi connectivity index (χ0v) is 26.8. The molecule has 5 aromatic carbocycles. The fraction of sp³-hybridized carbons (Fsp3) is 0.143. The minimum absolute atomic E-state index is 0.260. The summed E-state index contributed by atoms with van der Waals surface area (Å²) in [7, 11) is 0. The van der Waals surface area contributed by atoms with Crippen LogP contribution < -0.4 is 0 Å². The van der Waals surface area contributed by atoms with Gasteiger partial charge in [0.05, 0.1) is 11.3 Å². The largest absolute Gasteiger partial charge is 0.455 e. The first-order valence-electron chi connectivity index (χ1n) is 16.2. The fourth-order valence-corrected chi connectivity index (χ4v) is 6.75. The van der Waals surface area contributed by atoms with Crippen molar-refractivity contribution in [3.05, 3.63) is 138 Å². The van der Waals surface area contributed by atoms with Gasteiger partial charge < -0.3 is 4.42 Å². The molecule has 5 heteroatoms. The van der Waals surface area contributed by atoms with Crippen LogP contribution in [0.4, 0.5) is 4.39 Å². The van der Waals surface area contributed by atoms with Crippen LogP contribution in [0.15, 0.2) is 126 Å². The van der Waals surface area contributed by atoms with E-state index in [1.165, 1.54) is 17.2 Å². The monoisotopic (exact) mass is 615 g/mol. The molecule has 230 valence electrons. The second-order valence-electron chi connectivity index (χ2n) is 12.8. The molecule has 0 bridgehead atoms. The topological polar surface area (TPSA) is 43.9 Å². The average Bonchev–Trinajstić information content (AvgIpc) is 3.66. The van der Waals surface area contributed by atoms with E-state index in [-0.39, 0.29) is 17.7 Å². The van der Waals surface area contributed by atoms with Gasteiger partial charge in [-0.15, -0.1) is 0 Å². The van der Waals surface area contributed by atoms with Crippen molar-refractivity contribution in [2.75, 3.05) is 0 Å². The number of imidazole rings is 1. The van der Waals surface area contributed by atoms with E-state index < -0.39 is 0 Å². The highest BCUT2D eigenvalue weighted by Crippen LogP contribution is 2.41. The summed E-state index contributed by atoms with van der Waals surface area (Å²) < 4.78 is 23.7. The van der Waals surface area contributed by atoms with E-state index in [0.717, 1.165) is 61.3 Å². The molecule has 0 unspecified atom stereocenters. The third kappa shape index (κ3) is 4.81. The van der Waals surface area contributed by atoms with Crippen molar-refractivity contribution in [1.29, 1.82) is 0 Å². The van der Waals surface area contributed by atoms with Crippen LogP contribution in [-0.2, 0) is 0 Å². The van der Waals surface area contributed by atoms with Crippen LogP contribution in [0.1, 0.15) is 50.7 Å². The maximum atomic E-state index is 14.7. The molecule has 0 aliphatic carbocycles. The molecule has 0 fully saturated rings. The van der Waals surface area contributed by atoms with Gasteiger partial charge >= 0.3 is 0 Å². The van der Waals surface area contributed by atoms with Crippen molar-refractivity contribution in [3.8, 4) is 39.3 Å². The van der Waals surface area contributed by atoms with E-state index in [1.54, 1.807) is 12.1 Å². The van der Waals surface area contributed by atoms with Crippen molar-refractivity contribution < 1.29 is 8.81 Å². The predicted molar refractivity (Wildman–Crippen MR) is 191 cm³/mol. The molecule has 3 heterocycles. The number of aromatic nitrogens is 3. The number of hydrogen-bond donors (Lipinski definition) is 0. The van der Waals surface area contributed by atoms with E-state index in [0.29, 0.717) is 11.1 Å². The summed E-state index contributed by atoms with van der Waals surface area (Å²) in [6.07, 6.45) is 1.94. The number of nitrogens with zero attached hydrogens (tertiary/aromatic N) is 3. The number of rotatable bonds is 6. The number of para-hydroxylation sites is 2. The second kappa shape index (κ2) is 11.4. The minimum atomic E-state index is -0.260. The number of pyridine rings is 1. The molecular formula is C42H34FN3O. The summed E-state index contributed by atoms with van der Waals surface area (Å²) in [4.78, 5) is 10.4. The maximum absolute atomic E-state index is 14.7. The molecule has 0 atom stereocenters. The molecule has 8 aromatic rings. The molecule has 4 nitrogen and oxygen atoms in total. The summed E-state index contributed by atoms with van der Waals surface area (Å²) in [5.74, 6) is 1.06. The minimum Gasteiger partial charge on any atom is -0.455 e. The number of hydrogen-bond acceptors (Lipinski definition) is 3. The van der Waals surface area contributed by atoms with E-state index in [2.05, 4.69) is 86.9 Å². The lowest BCUT2D eigenvalue weighted by atomic mass is 9.92. The lowest BCUT2D eigenvalue weighted by Crippen LogP contribution is -2.09. The third-order valence-electron chi connectivity index (χ3n) is 9.09. The highest BCUT2D eigenvalue weighted by Gasteiger charge is 2.25. The van der Waals surface area contributed by atoms with E-state index in [1.807, 2.05) is 48.7 Å². The Kier molecular flexibility index (Phi) is 6.98. The Morgan fingerprint density at radius 1 is 0.638 bits per heavy atom. The van der Waals surface area contributed by atoms with Crippen LogP contribution in [0.5, 0.6) is 0 Å². The molecule has 0 aliphatic rings. The summed E-state index contributed by atoms with van der Waals surface area (Å²) in [5, 5.41) is 1.95. The van der Waals surface area contributed by atoms with Crippen molar-refractivity contribution >= 4 is 33.1 Å². The van der Waals surface area contributed by atoms with Crippen molar-refractivity contribution in [2.24, 2.45) is 0 Å². The first-order chi connectivity index (χ1) is 22.9. The number of benzene rings is 5. The molecule has 0 amide bonds. The molecule has 47 heavy (non-hydrogen) atoms. The Morgan fingerprint density at radius 2 is 1.34 bits per heavy atom. The first kappa shape index (κ1) is 28.9. The fourth-order valence-electron chi connectivity index (χ4n) is 6.75. The van der Waals surface area contributed by atoms with Gasteiger partial charge in [0.1, 0.15) is 22.5 Å². The van der Waals surface area contributed by atoms with Gasteiger partial charge in [0, 0.05) is 28.1 Å². The number of halogens is 1. The summed E-state index contributed by atoms with van der Waals surface area (Å²) in [5.41, 5.74) is 10.9. The van der Waals surface area contributed by atoms with Crippen molar-refractivity contribution in [1.82, 2.24) is 14.5 Å². The van der Waals surface area contributed by atoms with Crippen LogP contribution in [0.3, 0.4) is 0 Å². The summed E-state index contributed by atoms with van der Waals surface area (Å²) in [6.45, 7) is 8.93. The van der Waals surface area contributed by atoms with Crippen LogP contribution >= 0.6 is 0 Å². The van der Waals surface area contributed by atoms with E-state index in [9.17, 15) is 4.39 Å². The lowest BCUT2D eigenvalue weighted by Gasteiger charge is -2.22. The normalized spacial score (nSPS) is 11.9. The predicted octanol–water partition coefficient (Wildman–Crippen LogP) is 11.7. The molecule has 0 radical (unpaired) electrons. The SMILES string of the molecule is CC(C)c1cccc(C(C)C)c1-n1c(-c2cccc3c2oc2cc(-c4ccccc4F)ccc23)nc2cc(-c3ccccc3)cnc21. The van der Waals surface area contributed by atoms with Crippen LogP contribution in [0.25, 0.3) is 72.4 Å². The van der Waals surface area contributed by atoms with Gasteiger partial charge in [-0.1, -0.05) is 113 Å². The molecule has 0 spiro atoms. The Bertz CT molecular complexity index is 2410. The Hall–Kier alpha value is -5.55. The van der Waals surface area contributed by atoms with Gasteiger partial charge in [0.15, 0.2) is 11.5 Å². The van der Waals surface area contributed by atoms with Crippen LogP contribution in [0.2, 0.25) is 0 Å². The quantitative estimate of drug-likeness (QED) is 0.187. The molecule has 0 saturated heterocycles. The molecule has 0 N–H and O–H groups in total. The lowest BCUT2D eigenvalue weighted by molar-refractivity contribution is 0.631. The number of fused-ring (bicyclic) bond motifs is 4. The van der Waals surface area contributed by atoms with Gasteiger partial charge in [-0.2, -0.15) is 0 Å². The van der Waals surface area contributed by atoms with Crippen molar-refractivity contribution in [2.45, 2.75) is 39.5 Å². The van der Waals surface area contributed by atoms with Crippen molar-refractivity contribution in [3.63, 3.8) is 0 Å². The average molecular weight is 616 g/mol. The van der Waals surface area contributed by atoms with Gasteiger partial charge in [-0.25, -0.2) is 14.4 Å². The van der Waals surface area contributed by atoms with E-state index in [4.69, 9.17) is 14.4 Å². The summed E-state index contributed by atoms with van der Waals surface area (Å²) >= 11 is 0. The van der Waals surface area contributed by atoms with Gasteiger partial charge in [0.25, 0.3) is 0 Å². The van der Waals surface area contributed by atoms with Gasteiger partial charge in [-0.3, -0.25) is 4.57 Å². The van der Waals surface area contributed by atoms with Gasteiger partial charge in [-0.05, 0) is 64.4 Å². The summed E-state index contributed by atoms with van der Waals surface area (Å²) in [6, 6.07) is 37.9. The molecular weight excluding hydrogens is 581 g/mol. The van der Waals surface area contributed by atoms with Gasteiger partial charge in [0.2, 0.25) is 0 Å². The Morgan fingerprint density at radius 3 is 2.09 bits per heavy atom. The van der Waals surface area contributed by atoms with E-state index >= 15 is 0 Å². The molecule has 0 aliphatic heterocycles. The molecule has 0 saturated carbocycles. The Labute approximate surface area is 273 Å². The molecule has 8 rings (SSSR count). The second-order valence-corrected chi connectivity index (χ2v) is 12.8. The highest BCUT2D eigenvalue weighted by molar-refractivity contribution is 6.10. The van der Waals surface area contributed by atoms with Crippen LogP contribution in [0, 0.1) is 5.82 Å². The zero-order chi connectivity index (χ0) is 32.2. The standard InChI is InChI=1S/C42H34FN3O/c1-25(2)30-15-10-16-31(26(3)4)39(30)46-41(45-37-22-29(24-44-42(37)46)27-12-6-5-7-13-27)35-18-11-17-34-33-21-20-28(23-38(33)47-40(34)35)32-14-8-9-19-36(32)43/h5-26H,1-4H3. The zero-order valence-electron chi connectivity index (χ0n) is 26.8. The molecule has 3 aromatic heterocycles. The smallest absolute Gasteiger partial charge is 0.165 e. The maximum Gasteiger partial charge on any atom is 0.165 e. The highest BCUT2D eigenvalue weighted by atomic mass is 19.1.